The topological polar surface area (TPSA) is 0 Å². The van der Waals surface area contributed by atoms with Gasteiger partial charge in [0.05, 0.1) is 0 Å². The fourth-order valence-corrected chi connectivity index (χ4v) is 3.63. The smallest absolute Gasteiger partial charge is 0.0281 e. The highest BCUT2D eigenvalue weighted by Crippen LogP contribution is 2.25. The Morgan fingerprint density at radius 3 is 2.71 bits per heavy atom. The van der Waals surface area contributed by atoms with Gasteiger partial charge in [-0.3, -0.25) is 0 Å². The van der Waals surface area contributed by atoms with Gasteiger partial charge in [-0.1, -0.05) is 13.8 Å². The van der Waals surface area contributed by atoms with Gasteiger partial charge in [0.15, 0.2) is 0 Å². The van der Waals surface area contributed by atoms with Crippen molar-refractivity contribution >= 4 is 34.7 Å². The second-order valence-corrected chi connectivity index (χ2v) is 6.38. The molecule has 0 saturated carbocycles. The summed E-state index contributed by atoms with van der Waals surface area (Å²) in [5.74, 6) is 1.92. The van der Waals surface area contributed by atoms with E-state index >= 15 is 0 Å². The Morgan fingerprint density at radius 1 is 1.43 bits per heavy atom. The van der Waals surface area contributed by atoms with Crippen LogP contribution in [0.15, 0.2) is 12.1 Å². The fraction of sp³-hybridized carbons (Fsp3) is 0.636. The molecule has 0 aliphatic carbocycles. The Balaban J connectivity index is 2.30. The molecule has 0 amide bonds. The molecule has 0 aliphatic rings. The number of thiophene rings is 1. The van der Waals surface area contributed by atoms with Crippen LogP contribution >= 0.6 is 34.7 Å². The summed E-state index contributed by atoms with van der Waals surface area (Å²) in [6, 6.07) is 4.50. The molecule has 1 atom stereocenters. The van der Waals surface area contributed by atoms with Gasteiger partial charge < -0.3 is 0 Å². The molecule has 0 spiro atoms. The zero-order valence-electron chi connectivity index (χ0n) is 8.75. The zero-order chi connectivity index (χ0) is 10.4. The van der Waals surface area contributed by atoms with Crippen molar-refractivity contribution in [2.45, 2.75) is 37.7 Å². The van der Waals surface area contributed by atoms with E-state index in [1.807, 2.05) is 23.1 Å². The Bertz CT molecular complexity index is 258. The molecular weight excluding hydrogens is 232 g/mol. The third-order valence-corrected chi connectivity index (χ3v) is 5.00. The van der Waals surface area contributed by atoms with Crippen LogP contribution in [0.3, 0.4) is 0 Å². The molecule has 14 heavy (non-hydrogen) atoms. The molecule has 1 heterocycles. The number of rotatable bonds is 6. The highest BCUT2D eigenvalue weighted by atomic mass is 35.5. The van der Waals surface area contributed by atoms with Crippen LogP contribution in [0, 0.1) is 0 Å². The molecule has 3 heteroatoms. The van der Waals surface area contributed by atoms with E-state index in [9.17, 15) is 0 Å². The van der Waals surface area contributed by atoms with Gasteiger partial charge in [0.2, 0.25) is 0 Å². The van der Waals surface area contributed by atoms with Gasteiger partial charge in [-0.2, -0.15) is 11.8 Å². The summed E-state index contributed by atoms with van der Waals surface area (Å²) < 4.78 is 0. The molecule has 0 aliphatic heterocycles. The predicted molar refractivity (Wildman–Crippen MR) is 69.8 cm³/mol. The van der Waals surface area contributed by atoms with Gasteiger partial charge in [-0.05, 0) is 25.0 Å². The summed E-state index contributed by atoms with van der Waals surface area (Å²) in [5, 5.41) is 0.680. The van der Waals surface area contributed by atoms with Gasteiger partial charge in [-0.25, -0.2) is 0 Å². The summed E-state index contributed by atoms with van der Waals surface area (Å²) in [5.41, 5.74) is 0. The van der Waals surface area contributed by atoms with Gasteiger partial charge in [0, 0.05) is 26.6 Å². The quantitative estimate of drug-likeness (QED) is 0.665. The van der Waals surface area contributed by atoms with Crippen molar-refractivity contribution in [3.63, 3.8) is 0 Å². The number of thioether (sulfide) groups is 1. The lowest BCUT2D eigenvalue weighted by Gasteiger charge is -2.07. The molecule has 80 valence electrons. The number of alkyl halides is 1. The van der Waals surface area contributed by atoms with E-state index in [-0.39, 0.29) is 0 Å². The zero-order valence-corrected chi connectivity index (χ0v) is 11.1. The van der Waals surface area contributed by atoms with Gasteiger partial charge in [0.25, 0.3) is 0 Å². The lowest BCUT2D eigenvalue weighted by Crippen LogP contribution is -1.96. The Kier molecular flexibility index (Phi) is 5.99. The second-order valence-electron chi connectivity index (χ2n) is 3.32. The van der Waals surface area contributed by atoms with Crippen LogP contribution in [0.1, 0.15) is 30.0 Å². The van der Waals surface area contributed by atoms with Crippen LogP contribution in [0.5, 0.6) is 0 Å². The molecule has 0 nitrogen and oxygen atoms in total. The predicted octanol–water partition coefficient (Wildman–Crippen LogP) is 4.56. The maximum absolute atomic E-state index is 5.69. The number of hydrogen-bond donors (Lipinski definition) is 0. The number of hydrogen-bond acceptors (Lipinski definition) is 2. The summed E-state index contributed by atoms with van der Waals surface area (Å²) in [7, 11) is 0. The van der Waals surface area contributed by atoms with Crippen LogP contribution in [-0.2, 0) is 12.2 Å². The average molecular weight is 249 g/mol. The maximum Gasteiger partial charge on any atom is 0.0281 e. The van der Waals surface area contributed by atoms with Crippen LogP contribution < -0.4 is 0 Å². The van der Waals surface area contributed by atoms with E-state index in [1.54, 1.807) is 0 Å². The second kappa shape index (κ2) is 6.76. The van der Waals surface area contributed by atoms with E-state index in [1.165, 1.54) is 9.75 Å². The molecule has 1 aromatic heterocycles. The molecule has 0 N–H and O–H groups in total. The molecule has 0 radical (unpaired) electrons. The molecule has 1 rings (SSSR count). The first-order valence-corrected chi connectivity index (χ1v) is 7.41. The van der Waals surface area contributed by atoms with Crippen molar-refractivity contribution in [3.05, 3.63) is 21.9 Å². The molecule has 0 saturated heterocycles. The van der Waals surface area contributed by atoms with E-state index in [0.29, 0.717) is 5.25 Å². The highest BCUT2D eigenvalue weighted by molar-refractivity contribution is 7.99. The Hall–Kier alpha value is 0.340. The average Bonchev–Trinajstić information content (AvgIpc) is 2.63. The van der Waals surface area contributed by atoms with Crippen molar-refractivity contribution in [2.24, 2.45) is 0 Å². The normalized spacial score (nSPS) is 13.1. The first-order chi connectivity index (χ1) is 6.76. The van der Waals surface area contributed by atoms with Crippen molar-refractivity contribution < 1.29 is 0 Å². The third-order valence-electron chi connectivity index (χ3n) is 2.09. The number of halogens is 1. The van der Waals surface area contributed by atoms with E-state index in [2.05, 4.69) is 26.0 Å². The van der Waals surface area contributed by atoms with Crippen LogP contribution in [0.2, 0.25) is 0 Å². The van der Waals surface area contributed by atoms with Crippen LogP contribution in [0.25, 0.3) is 0 Å². The van der Waals surface area contributed by atoms with E-state index in [4.69, 9.17) is 11.6 Å². The first-order valence-electron chi connectivity index (χ1n) is 5.01. The van der Waals surface area contributed by atoms with E-state index in [0.717, 1.165) is 24.5 Å². The largest absolute Gasteiger partial charge is 0.153 e. The molecule has 0 bridgehead atoms. The minimum Gasteiger partial charge on any atom is -0.153 e. The van der Waals surface area contributed by atoms with Crippen molar-refractivity contribution in [1.82, 2.24) is 0 Å². The Morgan fingerprint density at radius 2 is 2.14 bits per heavy atom. The van der Waals surface area contributed by atoms with Gasteiger partial charge >= 0.3 is 0 Å². The molecule has 0 fully saturated rings. The van der Waals surface area contributed by atoms with Gasteiger partial charge in [0.1, 0.15) is 0 Å². The standard InChI is InChI=1S/C11H17ClS2/c1-3-10-4-5-11(14-10)8-13-9(2)6-7-12/h4-5,9H,3,6-8H2,1-2H3. The fourth-order valence-electron chi connectivity index (χ4n) is 1.15. The van der Waals surface area contributed by atoms with Crippen molar-refractivity contribution in [3.8, 4) is 0 Å². The SMILES string of the molecule is CCc1ccc(CSC(C)CCCl)s1. The van der Waals surface area contributed by atoms with Crippen LogP contribution in [0.4, 0.5) is 0 Å². The monoisotopic (exact) mass is 248 g/mol. The minimum atomic E-state index is 0.680. The summed E-state index contributed by atoms with van der Waals surface area (Å²) in [4.78, 5) is 2.99. The molecule has 0 aromatic carbocycles. The molecule has 1 aromatic rings. The molecular formula is C11H17ClS2. The number of aryl methyl sites for hydroxylation is 1. The summed E-state index contributed by atoms with van der Waals surface area (Å²) in [6.45, 7) is 4.46. The minimum absolute atomic E-state index is 0.680. The third kappa shape index (κ3) is 4.24. The van der Waals surface area contributed by atoms with Crippen LogP contribution in [-0.4, -0.2) is 11.1 Å². The lowest BCUT2D eigenvalue weighted by molar-refractivity contribution is 0.912. The van der Waals surface area contributed by atoms with Gasteiger partial charge in [-0.15, -0.1) is 22.9 Å². The maximum atomic E-state index is 5.69. The summed E-state index contributed by atoms with van der Waals surface area (Å²) in [6.07, 6.45) is 2.27. The summed E-state index contributed by atoms with van der Waals surface area (Å²) >= 11 is 9.64. The first kappa shape index (κ1) is 12.4. The van der Waals surface area contributed by atoms with Crippen molar-refractivity contribution in [1.29, 1.82) is 0 Å². The Labute approximate surface area is 100 Å². The van der Waals surface area contributed by atoms with E-state index < -0.39 is 0 Å². The lowest BCUT2D eigenvalue weighted by atomic mass is 10.4. The molecule has 1 unspecified atom stereocenters. The highest BCUT2D eigenvalue weighted by Gasteiger charge is 2.04. The van der Waals surface area contributed by atoms with Crippen molar-refractivity contribution in [2.75, 3.05) is 5.88 Å².